The van der Waals surface area contributed by atoms with Gasteiger partial charge in [0.2, 0.25) is 5.91 Å². The highest BCUT2D eigenvalue weighted by Gasteiger charge is 2.33. The molecule has 4 heteroatoms. The van der Waals surface area contributed by atoms with Gasteiger partial charge in [0, 0.05) is 26.2 Å². The van der Waals surface area contributed by atoms with Gasteiger partial charge in [-0.05, 0) is 18.1 Å². The smallest absolute Gasteiger partial charge is 0.249 e. The number of carbonyl (C=O) groups excluding carboxylic acids is 1. The molecule has 1 amide bonds. The van der Waals surface area contributed by atoms with Crippen molar-refractivity contribution < 1.29 is 9.53 Å². The van der Waals surface area contributed by atoms with Crippen LogP contribution in [-0.4, -0.2) is 36.1 Å². The lowest BCUT2D eigenvalue weighted by Gasteiger charge is -2.39. The summed E-state index contributed by atoms with van der Waals surface area (Å²) in [4.78, 5) is 14.6. The van der Waals surface area contributed by atoms with Gasteiger partial charge in [-0.2, -0.15) is 0 Å². The van der Waals surface area contributed by atoms with Gasteiger partial charge in [-0.3, -0.25) is 4.79 Å². The highest BCUT2D eigenvalue weighted by Crippen LogP contribution is 2.16. The van der Waals surface area contributed by atoms with Crippen molar-refractivity contribution >= 4 is 5.91 Å². The monoisotopic (exact) mass is 324 g/mol. The summed E-state index contributed by atoms with van der Waals surface area (Å²) < 4.78 is 5.83. The van der Waals surface area contributed by atoms with Gasteiger partial charge in [0.25, 0.3) is 0 Å². The molecule has 2 aromatic rings. The largest absolute Gasteiger partial charge is 0.363 e. The van der Waals surface area contributed by atoms with E-state index in [9.17, 15) is 4.79 Å². The molecule has 0 atom stereocenters. The van der Waals surface area contributed by atoms with Gasteiger partial charge in [0.05, 0.1) is 5.60 Å². The van der Waals surface area contributed by atoms with Crippen LogP contribution in [0.25, 0.3) is 0 Å². The summed E-state index contributed by atoms with van der Waals surface area (Å²) in [7, 11) is 0. The van der Waals surface area contributed by atoms with Crippen molar-refractivity contribution in [3.63, 3.8) is 0 Å². The molecule has 2 aromatic carbocycles. The first-order valence-electron chi connectivity index (χ1n) is 8.35. The lowest BCUT2D eigenvalue weighted by molar-refractivity contribution is -0.147. The number of carbonyl (C=O) groups is 1. The maximum atomic E-state index is 12.7. The Bertz CT molecular complexity index is 612. The summed E-state index contributed by atoms with van der Waals surface area (Å²) in [5, 5.41) is 3.18. The number of benzene rings is 2. The second-order valence-corrected chi connectivity index (χ2v) is 6.56. The SMILES string of the molecule is CC1(OCC(=O)N(Cc2ccccc2)Cc2ccccc2)CNC1. The van der Waals surface area contributed by atoms with Crippen molar-refractivity contribution in [2.24, 2.45) is 0 Å². The number of rotatable bonds is 7. The van der Waals surface area contributed by atoms with Gasteiger partial charge in [-0.15, -0.1) is 0 Å². The van der Waals surface area contributed by atoms with E-state index in [0.29, 0.717) is 13.1 Å². The van der Waals surface area contributed by atoms with Gasteiger partial charge in [0.1, 0.15) is 6.61 Å². The molecule has 0 bridgehead atoms. The molecule has 4 nitrogen and oxygen atoms in total. The van der Waals surface area contributed by atoms with E-state index in [1.54, 1.807) is 0 Å². The minimum absolute atomic E-state index is 0.0239. The molecule has 3 rings (SSSR count). The maximum Gasteiger partial charge on any atom is 0.249 e. The van der Waals surface area contributed by atoms with E-state index in [1.807, 2.05) is 72.5 Å². The molecule has 24 heavy (non-hydrogen) atoms. The second-order valence-electron chi connectivity index (χ2n) is 6.56. The zero-order chi connectivity index (χ0) is 16.8. The highest BCUT2D eigenvalue weighted by molar-refractivity contribution is 5.77. The fourth-order valence-corrected chi connectivity index (χ4v) is 2.75. The topological polar surface area (TPSA) is 41.6 Å². The summed E-state index contributed by atoms with van der Waals surface area (Å²) in [6.45, 7) is 4.95. The minimum atomic E-state index is -0.208. The molecule has 0 unspecified atom stereocenters. The van der Waals surface area contributed by atoms with Gasteiger partial charge >= 0.3 is 0 Å². The molecule has 1 saturated heterocycles. The Hall–Kier alpha value is -2.17. The lowest BCUT2D eigenvalue weighted by atomic mass is 10.0. The van der Waals surface area contributed by atoms with Gasteiger partial charge in [-0.25, -0.2) is 0 Å². The fourth-order valence-electron chi connectivity index (χ4n) is 2.75. The Morgan fingerprint density at radius 1 is 1.00 bits per heavy atom. The maximum absolute atomic E-state index is 12.7. The van der Waals surface area contributed by atoms with Crippen LogP contribution in [0.3, 0.4) is 0 Å². The second kappa shape index (κ2) is 7.60. The van der Waals surface area contributed by atoms with Crippen molar-refractivity contribution in [1.29, 1.82) is 0 Å². The Morgan fingerprint density at radius 3 is 1.92 bits per heavy atom. The highest BCUT2D eigenvalue weighted by atomic mass is 16.5. The first-order chi connectivity index (χ1) is 11.6. The number of nitrogens with one attached hydrogen (secondary N) is 1. The number of hydrogen-bond acceptors (Lipinski definition) is 3. The molecule has 0 aliphatic carbocycles. The Balaban J connectivity index is 1.67. The van der Waals surface area contributed by atoms with Crippen molar-refractivity contribution in [2.75, 3.05) is 19.7 Å². The molecule has 0 aromatic heterocycles. The summed E-state index contributed by atoms with van der Waals surface area (Å²) in [6, 6.07) is 20.1. The van der Waals surface area contributed by atoms with Crippen LogP contribution >= 0.6 is 0 Å². The van der Waals surface area contributed by atoms with Crippen LogP contribution in [0.4, 0.5) is 0 Å². The van der Waals surface area contributed by atoms with Crippen molar-refractivity contribution in [2.45, 2.75) is 25.6 Å². The van der Waals surface area contributed by atoms with Crippen LogP contribution in [0.15, 0.2) is 60.7 Å². The van der Waals surface area contributed by atoms with Crippen LogP contribution in [0.2, 0.25) is 0 Å². The zero-order valence-corrected chi connectivity index (χ0v) is 14.1. The van der Waals surface area contributed by atoms with Crippen molar-refractivity contribution in [3.05, 3.63) is 71.8 Å². The first kappa shape index (κ1) is 16.7. The number of ether oxygens (including phenoxy) is 1. The number of amides is 1. The van der Waals surface area contributed by atoms with E-state index in [2.05, 4.69) is 5.32 Å². The van der Waals surface area contributed by atoms with Crippen LogP contribution in [-0.2, 0) is 22.6 Å². The van der Waals surface area contributed by atoms with E-state index >= 15 is 0 Å². The Morgan fingerprint density at radius 2 is 1.50 bits per heavy atom. The molecule has 1 aliphatic rings. The van der Waals surface area contributed by atoms with E-state index in [-0.39, 0.29) is 18.1 Å². The third-order valence-electron chi connectivity index (χ3n) is 4.33. The number of nitrogens with zero attached hydrogens (tertiary/aromatic N) is 1. The standard InChI is InChI=1S/C20H24N2O2/c1-20(15-21-16-20)24-14-19(23)22(12-17-8-4-2-5-9-17)13-18-10-6-3-7-11-18/h2-11,21H,12-16H2,1H3. The van der Waals surface area contributed by atoms with Crippen LogP contribution in [0, 0.1) is 0 Å². The first-order valence-corrected chi connectivity index (χ1v) is 8.35. The quantitative estimate of drug-likeness (QED) is 0.851. The molecule has 1 N–H and O–H groups in total. The third-order valence-corrected chi connectivity index (χ3v) is 4.33. The van der Waals surface area contributed by atoms with E-state index in [4.69, 9.17) is 4.74 Å². The molecule has 0 radical (unpaired) electrons. The minimum Gasteiger partial charge on any atom is -0.363 e. The van der Waals surface area contributed by atoms with Crippen molar-refractivity contribution in [1.82, 2.24) is 10.2 Å². The van der Waals surface area contributed by atoms with Crippen LogP contribution in [0.1, 0.15) is 18.1 Å². The predicted octanol–water partition coefficient (Wildman–Crippen LogP) is 2.59. The molecule has 126 valence electrons. The van der Waals surface area contributed by atoms with Crippen LogP contribution in [0.5, 0.6) is 0 Å². The summed E-state index contributed by atoms with van der Waals surface area (Å²) in [5.41, 5.74) is 2.04. The zero-order valence-electron chi connectivity index (χ0n) is 14.1. The third kappa shape index (κ3) is 4.43. The summed E-state index contributed by atoms with van der Waals surface area (Å²) >= 11 is 0. The van der Waals surface area contributed by atoms with Gasteiger partial charge in [-0.1, -0.05) is 60.7 Å². The molecular weight excluding hydrogens is 300 g/mol. The number of hydrogen-bond donors (Lipinski definition) is 1. The van der Waals surface area contributed by atoms with Crippen LogP contribution < -0.4 is 5.32 Å². The molecule has 1 aliphatic heterocycles. The average Bonchev–Trinajstić information content (AvgIpc) is 2.59. The van der Waals surface area contributed by atoms with Crippen molar-refractivity contribution in [3.8, 4) is 0 Å². The average molecular weight is 324 g/mol. The molecule has 1 fully saturated rings. The predicted molar refractivity (Wildman–Crippen MR) is 94.4 cm³/mol. The van der Waals surface area contributed by atoms with Gasteiger partial charge < -0.3 is 15.0 Å². The summed E-state index contributed by atoms with van der Waals surface area (Å²) in [6.07, 6.45) is 0. The lowest BCUT2D eigenvalue weighted by Crippen LogP contribution is -2.59. The van der Waals surface area contributed by atoms with E-state index in [1.165, 1.54) is 0 Å². The fraction of sp³-hybridized carbons (Fsp3) is 0.350. The Kier molecular flexibility index (Phi) is 5.28. The normalized spacial score (nSPS) is 15.5. The summed E-state index contributed by atoms with van der Waals surface area (Å²) in [5.74, 6) is 0.0239. The molecule has 0 spiro atoms. The Labute approximate surface area is 143 Å². The van der Waals surface area contributed by atoms with E-state index < -0.39 is 0 Å². The van der Waals surface area contributed by atoms with E-state index in [0.717, 1.165) is 24.2 Å². The molecule has 1 heterocycles. The van der Waals surface area contributed by atoms with Gasteiger partial charge in [0.15, 0.2) is 0 Å². The molecule has 0 saturated carbocycles. The molecular formula is C20H24N2O2.